The number of aryl methyl sites for hydroxylation is 1. The lowest BCUT2D eigenvalue weighted by Crippen LogP contribution is -2.45. The van der Waals surface area contributed by atoms with Crippen LogP contribution in [0.15, 0.2) is 18.2 Å². The fourth-order valence-corrected chi connectivity index (χ4v) is 2.34. The van der Waals surface area contributed by atoms with Gasteiger partial charge in [0, 0.05) is 7.11 Å². The SMILES string of the molecule is COC1(C(O)c2ccc(F)cc2C)CCC1. The van der Waals surface area contributed by atoms with E-state index >= 15 is 0 Å². The van der Waals surface area contributed by atoms with Gasteiger partial charge in [-0.15, -0.1) is 0 Å². The minimum absolute atomic E-state index is 0.270. The lowest BCUT2D eigenvalue weighted by atomic mass is 9.73. The molecular formula is C13H17FO2. The Balaban J connectivity index is 2.29. The summed E-state index contributed by atoms with van der Waals surface area (Å²) >= 11 is 0. The van der Waals surface area contributed by atoms with Gasteiger partial charge in [0.15, 0.2) is 0 Å². The molecule has 0 radical (unpaired) electrons. The molecule has 1 saturated carbocycles. The summed E-state index contributed by atoms with van der Waals surface area (Å²) in [5.41, 5.74) is 1.08. The van der Waals surface area contributed by atoms with E-state index in [1.54, 1.807) is 13.2 Å². The molecule has 1 atom stereocenters. The smallest absolute Gasteiger partial charge is 0.123 e. The van der Waals surface area contributed by atoms with E-state index in [4.69, 9.17) is 4.74 Å². The maximum absolute atomic E-state index is 13.0. The molecule has 0 spiro atoms. The Morgan fingerprint density at radius 1 is 1.44 bits per heavy atom. The molecule has 2 nitrogen and oxygen atoms in total. The van der Waals surface area contributed by atoms with Crippen LogP contribution in [0.4, 0.5) is 4.39 Å². The van der Waals surface area contributed by atoms with Crippen molar-refractivity contribution in [1.29, 1.82) is 0 Å². The predicted molar refractivity (Wildman–Crippen MR) is 59.7 cm³/mol. The molecule has 0 saturated heterocycles. The van der Waals surface area contributed by atoms with Crippen LogP contribution in [-0.4, -0.2) is 17.8 Å². The Kier molecular flexibility index (Phi) is 3.00. The highest BCUT2D eigenvalue weighted by atomic mass is 19.1. The van der Waals surface area contributed by atoms with Gasteiger partial charge < -0.3 is 9.84 Å². The quantitative estimate of drug-likeness (QED) is 0.855. The van der Waals surface area contributed by atoms with Gasteiger partial charge in [-0.3, -0.25) is 0 Å². The van der Waals surface area contributed by atoms with Gasteiger partial charge in [-0.2, -0.15) is 0 Å². The number of aliphatic hydroxyl groups excluding tert-OH is 1. The maximum atomic E-state index is 13.0. The summed E-state index contributed by atoms with van der Waals surface area (Å²) in [6.07, 6.45) is 2.14. The molecular weight excluding hydrogens is 207 g/mol. The molecule has 88 valence electrons. The molecule has 0 bridgehead atoms. The monoisotopic (exact) mass is 224 g/mol. The summed E-state index contributed by atoms with van der Waals surface area (Å²) < 4.78 is 18.4. The van der Waals surface area contributed by atoms with Crippen molar-refractivity contribution in [1.82, 2.24) is 0 Å². The van der Waals surface area contributed by atoms with Crippen molar-refractivity contribution in [3.05, 3.63) is 35.1 Å². The van der Waals surface area contributed by atoms with Crippen molar-refractivity contribution in [2.24, 2.45) is 0 Å². The largest absolute Gasteiger partial charge is 0.385 e. The van der Waals surface area contributed by atoms with Crippen LogP contribution in [-0.2, 0) is 4.74 Å². The van der Waals surface area contributed by atoms with Crippen LogP contribution >= 0.6 is 0 Å². The molecule has 1 N–H and O–H groups in total. The standard InChI is InChI=1S/C13H17FO2/c1-9-8-10(14)4-5-11(9)12(15)13(16-2)6-3-7-13/h4-5,8,12,15H,3,6-7H2,1-2H3. The molecule has 0 aromatic heterocycles. The van der Waals surface area contributed by atoms with Crippen LogP contribution in [0.25, 0.3) is 0 Å². The minimum Gasteiger partial charge on any atom is -0.385 e. The first-order valence-corrected chi connectivity index (χ1v) is 5.58. The number of hydrogen-bond acceptors (Lipinski definition) is 2. The number of halogens is 1. The average Bonchev–Trinajstić information content (AvgIpc) is 2.16. The summed E-state index contributed by atoms with van der Waals surface area (Å²) in [6.45, 7) is 1.81. The van der Waals surface area contributed by atoms with Crippen LogP contribution in [0.5, 0.6) is 0 Å². The van der Waals surface area contributed by atoms with E-state index in [-0.39, 0.29) is 5.82 Å². The first-order chi connectivity index (χ1) is 7.59. The zero-order valence-electron chi connectivity index (χ0n) is 9.66. The second-order valence-corrected chi connectivity index (χ2v) is 4.53. The Hall–Kier alpha value is -0.930. The molecule has 1 fully saturated rings. The van der Waals surface area contributed by atoms with E-state index < -0.39 is 11.7 Å². The van der Waals surface area contributed by atoms with Crippen LogP contribution in [0, 0.1) is 12.7 Å². The van der Waals surface area contributed by atoms with Gasteiger partial charge in [0.2, 0.25) is 0 Å². The number of methoxy groups -OCH3 is 1. The van der Waals surface area contributed by atoms with Crippen molar-refractivity contribution < 1.29 is 14.2 Å². The highest BCUT2D eigenvalue weighted by molar-refractivity contribution is 5.31. The molecule has 2 rings (SSSR count). The molecule has 3 heteroatoms. The Morgan fingerprint density at radius 2 is 2.12 bits per heavy atom. The van der Waals surface area contributed by atoms with Gasteiger partial charge in [-0.1, -0.05) is 6.07 Å². The van der Waals surface area contributed by atoms with Crippen molar-refractivity contribution in [3.8, 4) is 0 Å². The fraction of sp³-hybridized carbons (Fsp3) is 0.538. The van der Waals surface area contributed by atoms with Gasteiger partial charge >= 0.3 is 0 Å². The summed E-state index contributed by atoms with van der Waals surface area (Å²) in [5, 5.41) is 10.3. The minimum atomic E-state index is -0.660. The van der Waals surface area contributed by atoms with Crippen LogP contribution in [0.2, 0.25) is 0 Å². The molecule has 0 heterocycles. The molecule has 1 aliphatic rings. The van der Waals surface area contributed by atoms with Gasteiger partial charge in [-0.05, 0) is 49.4 Å². The third-order valence-electron chi connectivity index (χ3n) is 3.63. The summed E-state index contributed by atoms with van der Waals surface area (Å²) in [4.78, 5) is 0. The lowest BCUT2D eigenvalue weighted by molar-refractivity contribution is -0.152. The normalized spacial score (nSPS) is 20.2. The maximum Gasteiger partial charge on any atom is 0.123 e. The van der Waals surface area contributed by atoms with Crippen molar-refractivity contribution in [2.45, 2.75) is 37.9 Å². The summed E-state index contributed by atoms with van der Waals surface area (Å²) in [6, 6.07) is 4.47. The topological polar surface area (TPSA) is 29.5 Å². The first-order valence-electron chi connectivity index (χ1n) is 5.58. The van der Waals surface area contributed by atoms with Crippen molar-refractivity contribution in [2.75, 3.05) is 7.11 Å². The number of rotatable bonds is 3. The van der Waals surface area contributed by atoms with E-state index in [2.05, 4.69) is 0 Å². The Bertz CT molecular complexity index is 380. The fourth-order valence-electron chi connectivity index (χ4n) is 2.34. The van der Waals surface area contributed by atoms with Crippen LogP contribution in [0.1, 0.15) is 36.5 Å². The van der Waals surface area contributed by atoms with E-state index in [1.807, 2.05) is 6.92 Å². The third-order valence-corrected chi connectivity index (χ3v) is 3.63. The lowest BCUT2D eigenvalue weighted by Gasteiger charge is -2.44. The predicted octanol–water partition coefficient (Wildman–Crippen LogP) is 2.74. The van der Waals surface area contributed by atoms with Crippen LogP contribution in [0.3, 0.4) is 0 Å². The van der Waals surface area contributed by atoms with E-state index in [1.165, 1.54) is 12.1 Å². The number of aliphatic hydroxyl groups is 1. The second kappa shape index (κ2) is 4.15. The third kappa shape index (κ3) is 1.74. The first kappa shape index (κ1) is 11.6. The molecule has 1 unspecified atom stereocenters. The van der Waals surface area contributed by atoms with Gasteiger partial charge in [0.1, 0.15) is 11.9 Å². The highest BCUT2D eigenvalue weighted by Gasteiger charge is 2.44. The Labute approximate surface area is 95.1 Å². The van der Waals surface area contributed by atoms with Gasteiger partial charge in [-0.25, -0.2) is 4.39 Å². The zero-order valence-corrected chi connectivity index (χ0v) is 9.66. The number of hydrogen-bond donors (Lipinski definition) is 1. The summed E-state index contributed by atoms with van der Waals surface area (Å²) in [7, 11) is 1.63. The number of ether oxygens (including phenoxy) is 1. The molecule has 16 heavy (non-hydrogen) atoms. The second-order valence-electron chi connectivity index (χ2n) is 4.53. The van der Waals surface area contributed by atoms with E-state index in [9.17, 15) is 9.50 Å². The Morgan fingerprint density at radius 3 is 2.56 bits per heavy atom. The molecule has 1 aromatic carbocycles. The number of benzene rings is 1. The molecule has 0 amide bonds. The van der Waals surface area contributed by atoms with Crippen LogP contribution < -0.4 is 0 Å². The van der Waals surface area contributed by atoms with Gasteiger partial charge in [0.25, 0.3) is 0 Å². The van der Waals surface area contributed by atoms with E-state index in [0.717, 1.165) is 30.4 Å². The molecule has 0 aliphatic heterocycles. The van der Waals surface area contributed by atoms with E-state index in [0.29, 0.717) is 0 Å². The zero-order chi connectivity index (χ0) is 11.8. The highest BCUT2D eigenvalue weighted by Crippen LogP contribution is 2.45. The van der Waals surface area contributed by atoms with Gasteiger partial charge in [0.05, 0.1) is 5.60 Å². The van der Waals surface area contributed by atoms with Crippen molar-refractivity contribution in [3.63, 3.8) is 0 Å². The average molecular weight is 224 g/mol. The molecule has 1 aromatic rings. The molecule has 1 aliphatic carbocycles. The van der Waals surface area contributed by atoms with Crippen molar-refractivity contribution >= 4 is 0 Å². The summed E-state index contributed by atoms with van der Waals surface area (Å²) in [5.74, 6) is -0.270.